The Morgan fingerprint density at radius 3 is 2.46 bits per heavy atom. The first-order chi connectivity index (χ1) is 13.2. The number of aromatic carboxylic acids is 1. The molecule has 5 nitrogen and oxygen atoms in total. The van der Waals surface area contributed by atoms with Gasteiger partial charge in [-0.15, -0.1) is 11.3 Å². The Bertz CT molecular complexity index is 750. The summed E-state index contributed by atoms with van der Waals surface area (Å²) < 4.78 is 5.28. The molecule has 1 N–H and O–H groups in total. The van der Waals surface area contributed by atoms with Crippen molar-refractivity contribution < 1.29 is 19.4 Å². The summed E-state index contributed by atoms with van der Waals surface area (Å²) in [5.74, 6) is 5.85. The van der Waals surface area contributed by atoms with Crippen molar-refractivity contribution in [2.24, 2.45) is 17.8 Å². The highest BCUT2D eigenvalue weighted by atomic mass is 32.1. The molecule has 0 saturated heterocycles. The second kappa shape index (κ2) is 10.1. The van der Waals surface area contributed by atoms with Gasteiger partial charge in [0, 0.05) is 18.9 Å². The summed E-state index contributed by atoms with van der Waals surface area (Å²) in [6, 6.07) is 1.49. The highest BCUT2D eigenvalue weighted by Crippen LogP contribution is 2.36. The molecule has 0 unspecified atom stereocenters. The van der Waals surface area contributed by atoms with Gasteiger partial charge in [-0.25, -0.2) is 4.79 Å². The van der Waals surface area contributed by atoms with E-state index in [0.29, 0.717) is 23.1 Å². The number of rotatable bonds is 6. The number of carboxylic acids is 1. The maximum absolute atomic E-state index is 13.4. The zero-order chi connectivity index (χ0) is 20.8. The lowest BCUT2D eigenvalue weighted by Crippen LogP contribution is -2.45. The Hall–Kier alpha value is -1.84. The van der Waals surface area contributed by atoms with Crippen LogP contribution in [0.25, 0.3) is 0 Å². The van der Waals surface area contributed by atoms with Gasteiger partial charge in [0.2, 0.25) is 5.91 Å². The van der Waals surface area contributed by atoms with Crippen LogP contribution in [0.1, 0.15) is 67.9 Å². The first kappa shape index (κ1) is 22.4. The van der Waals surface area contributed by atoms with E-state index in [2.05, 4.69) is 18.8 Å². The number of amides is 1. The molecule has 0 spiro atoms. The van der Waals surface area contributed by atoms with Gasteiger partial charge in [0.05, 0.1) is 23.2 Å². The Labute approximate surface area is 172 Å². The summed E-state index contributed by atoms with van der Waals surface area (Å²) in [4.78, 5) is 27.8. The molecule has 1 aliphatic carbocycles. The summed E-state index contributed by atoms with van der Waals surface area (Å²) in [5, 5.41) is 9.74. The topological polar surface area (TPSA) is 66.8 Å². The van der Waals surface area contributed by atoms with Gasteiger partial charge < -0.3 is 14.7 Å². The SMILES string of the molecule is COC[C@@H](C)N(C(=O)C1CCC(C)CC1)c1cc(C#CC(C)C)sc1C(=O)O. The number of carboxylic acid groups (broad SMARTS) is 1. The molecular weight excluding hydrogens is 374 g/mol. The zero-order valence-corrected chi connectivity index (χ0v) is 18.3. The normalized spacial score (nSPS) is 20.4. The standard InChI is InChI=1S/C22H31NO4S/c1-14(2)6-11-18-12-19(20(28-18)22(25)26)23(16(4)13-27-5)21(24)17-9-7-15(3)8-10-17/h12,14-17H,7-10,13H2,1-5H3,(H,25,26)/t15?,16-,17?/m1/s1. The molecule has 0 radical (unpaired) electrons. The second-order valence-electron chi connectivity index (χ2n) is 8.02. The molecule has 6 heteroatoms. The summed E-state index contributed by atoms with van der Waals surface area (Å²) in [6.45, 7) is 8.43. The van der Waals surface area contributed by atoms with Crippen molar-refractivity contribution >= 4 is 28.9 Å². The molecule has 1 atom stereocenters. The van der Waals surface area contributed by atoms with E-state index in [0.717, 1.165) is 37.0 Å². The quantitative estimate of drug-likeness (QED) is 0.700. The fraction of sp³-hybridized carbons (Fsp3) is 0.636. The van der Waals surface area contributed by atoms with Crippen molar-refractivity contribution in [1.82, 2.24) is 0 Å². The van der Waals surface area contributed by atoms with Gasteiger partial charge in [-0.3, -0.25) is 4.79 Å². The molecule has 0 bridgehead atoms. The number of hydrogen-bond donors (Lipinski definition) is 1. The molecule has 2 rings (SSSR count). The maximum Gasteiger partial charge on any atom is 0.348 e. The van der Waals surface area contributed by atoms with E-state index < -0.39 is 5.97 Å². The number of methoxy groups -OCH3 is 1. The van der Waals surface area contributed by atoms with Gasteiger partial charge >= 0.3 is 5.97 Å². The summed E-state index contributed by atoms with van der Waals surface area (Å²) in [5.41, 5.74) is 0.443. The molecule has 28 heavy (non-hydrogen) atoms. The van der Waals surface area contributed by atoms with Crippen molar-refractivity contribution in [3.8, 4) is 11.8 Å². The van der Waals surface area contributed by atoms with Crippen LogP contribution in [0.15, 0.2) is 6.07 Å². The van der Waals surface area contributed by atoms with Crippen LogP contribution in [-0.4, -0.2) is 36.7 Å². The van der Waals surface area contributed by atoms with E-state index >= 15 is 0 Å². The average molecular weight is 406 g/mol. The number of anilines is 1. The minimum Gasteiger partial charge on any atom is -0.477 e. The number of carbonyl (C=O) groups is 2. The molecule has 1 aromatic heterocycles. The summed E-state index contributed by atoms with van der Waals surface area (Å²) in [6.07, 6.45) is 3.76. The van der Waals surface area contributed by atoms with Crippen molar-refractivity contribution in [2.45, 2.75) is 59.4 Å². The van der Waals surface area contributed by atoms with Crippen LogP contribution in [0.2, 0.25) is 0 Å². The van der Waals surface area contributed by atoms with Crippen LogP contribution in [0.5, 0.6) is 0 Å². The molecule has 154 valence electrons. The van der Waals surface area contributed by atoms with E-state index in [1.165, 1.54) is 0 Å². The molecule has 1 aliphatic rings. The van der Waals surface area contributed by atoms with E-state index in [4.69, 9.17) is 4.74 Å². The average Bonchev–Trinajstić information content (AvgIpc) is 3.05. The molecule has 1 saturated carbocycles. The van der Waals surface area contributed by atoms with Crippen molar-refractivity contribution in [1.29, 1.82) is 0 Å². The Balaban J connectivity index is 2.44. The lowest BCUT2D eigenvalue weighted by molar-refractivity contribution is -0.124. The molecular formula is C22H31NO4S. The van der Waals surface area contributed by atoms with Crippen LogP contribution in [-0.2, 0) is 9.53 Å². The Morgan fingerprint density at radius 1 is 1.29 bits per heavy atom. The monoisotopic (exact) mass is 405 g/mol. The van der Waals surface area contributed by atoms with Crippen LogP contribution in [0.4, 0.5) is 5.69 Å². The Morgan fingerprint density at radius 2 is 1.93 bits per heavy atom. The van der Waals surface area contributed by atoms with Crippen LogP contribution >= 0.6 is 11.3 Å². The van der Waals surface area contributed by atoms with E-state index in [9.17, 15) is 14.7 Å². The maximum atomic E-state index is 13.4. The molecule has 1 amide bonds. The van der Waals surface area contributed by atoms with Gasteiger partial charge in [0.15, 0.2) is 0 Å². The molecule has 1 heterocycles. The highest BCUT2D eigenvalue weighted by molar-refractivity contribution is 7.15. The summed E-state index contributed by atoms with van der Waals surface area (Å²) >= 11 is 1.13. The van der Waals surface area contributed by atoms with Gasteiger partial charge in [0.25, 0.3) is 0 Å². The van der Waals surface area contributed by atoms with E-state index in [1.807, 2.05) is 20.8 Å². The molecule has 0 aliphatic heterocycles. The predicted octanol–water partition coefficient (Wildman–Crippen LogP) is 4.65. The van der Waals surface area contributed by atoms with Crippen molar-refractivity contribution in [2.75, 3.05) is 18.6 Å². The number of carbonyl (C=O) groups excluding carboxylic acids is 1. The van der Waals surface area contributed by atoms with Gasteiger partial charge in [-0.05, 0) is 44.6 Å². The van der Waals surface area contributed by atoms with Gasteiger partial charge in [-0.2, -0.15) is 0 Å². The fourth-order valence-electron chi connectivity index (χ4n) is 3.58. The third-order valence-corrected chi connectivity index (χ3v) is 6.13. The lowest BCUT2D eigenvalue weighted by atomic mass is 9.82. The number of nitrogens with zero attached hydrogens (tertiary/aromatic N) is 1. The largest absolute Gasteiger partial charge is 0.477 e. The third kappa shape index (κ3) is 5.59. The highest BCUT2D eigenvalue weighted by Gasteiger charge is 2.34. The Kier molecular flexibility index (Phi) is 8.09. The molecule has 1 aromatic rings. The number of hydrogen-bond acceptors (Lipinski definition) is 4. The van der Waals surface area contributed by atoms with Crippen LogP contribution < -0.4 is 4.90 Å². The van der Waals surface area contributed by atoms with Crippen molar-refractivity contribution in [3.63, 3.8) is 0 Å². The fourth-order valence-corrected chi connectivity index (χ4v) is 4.43. The first-order valence-corrected chi connectivity index (χ1v) is 10.8. The van der Waals surface area contributed by atoms with Crippen molar-refractivity contribution in [3.05, 3.63) is 15.8 Å². The van der Waals surface area contributed by atoms with E-state index in [1.54, 1.807) is 18.1 Å². The van der Waals surface area contributed by atoms with E-state index in [-0.39, 0.29) is 28.7 Å². The molecule has 0 aromatic carbocycles. The number of ether oxygens (including phenoxy) is 1. The zero-order valence-electron chi connectivity index (χ0n) is 17.4. The summed E-state index contributed by atoms with van der Waals surface area (Å²) in [7, 11) is 1.59. The lowest BCUT2D eigenvalue weighted by Gasteiger charge is -2.34. The number of thiophene rings is 1. The smallest absolute Gasteiger partial charge is 0.348 e. The van der Waals surface area contributed by atoms with Crippen LogP contribution in [0, 0.1) is 29.6 Å². The first-order valence-electron chi connectivity index (χ1n) is 9.95. The third-order valence-electron chi connectivity index (χ3n) is 5.10. The minimum absolute atomic E-state index is 0.000110. The minimum atomic E-state index is -1.03. The predicted molar refractivity (Wildman–Crippen MR) is 113 cm³/mol. The molecule has 1 fully saturated rings. The second-order valence-corrected chi connectivity index (χ2v) is 9.08. The van der Waals surface area contributed by atoms with Gasteiger partial charge in [-0.1, -0.05) is 32.6 Å². The van der Waals surface area contributed by atoms with Gasteiger partial charge in [0.1, 0.15) is 4.88 Å². The van der Waals surface area contributed by atoms with Crippen LogP contribution in [0.3, 0.4) is 0 Å².